The van der Waals surface area contributed by atoms with Crippen LogP contribution in [0.25, 0.3) is 0 Å². The zero-order valence-corrected chi connectivity index (χ0v) is 12.1. The Hall–Kier alpha value is -0.570. The normalized spacial score (nSPS) is 30.1. The highest BCUT2D eigenvalue weighted by molar-refractivity contribution is 6.31. The molecule has 1 aromatic carbocycles. The van der Waals surface area contributed by atoms with Crippen molar-refractivity contribution in [3.8, 4) is 0 Å². The van der Waals surface area contributed by atoms with Crippen molar-refractivity contribution in [2.24, 2.45) is 0 Å². The van der Waals surface area contributed by atoms with E-state index in [9.17, 15) is 0 Å². The quantitative estimate of drug-likeness (QED) is 0.896. The van der Waals surface area contributed by atoms with Gasteiger partial charge in [0, 0.05) is 17.1 Å². The summed E-state index contributed by atoms with van der Waals surface area (Å²) >= 11 is 6.23. The Kier molecular flexibility index (Phi) is 4.66. The van der Waals surface area contributed by atoms with E-state index < -0.39 is 0 Å². The van der Waals surface area contributed by atoms with Crippen molar-refractivity contribution >= 4 is 11.6 Å². The van der Waals surface area contributed by atoms with E-state index in [1.165, 1.54) is 5.56 Å². The number of halogens is 1. The van der Waals surface area contributed by atoms with Crippen molar-refractivity contribution in [1.82, 2.24) is 5.32 Å². The van der Waals surface area contributed by atoms with E-state index in [1.54, 1.807) is 0 Å². The van der Waals surface area contributed by atoms with Gasteiger partial charge in [-0.2, -0.15) is 0 Å². The van der Waals surface area contributed by atoms with Gasteiger partial charge in [-0.1, -0.05) is 29.8 Å². The van der Waals surface area contributed by atoms with Gasteiger partial charge in [0.2, 0.25) is 0 Å². The second kappa shape index (κ2) is 6.05. The van der Waals surface area contributed by atoms with Crippen LogP contribution in [-0.4, -0.2) is 18.2 Å². The molecule has 1 aromatic rings. The highest BCUT2D eigenvalue weighted by atomic mass is 35.5. The molecule has 18 heavy (non-hydrogen) atoms. The number of hydrogen-bond donors (Lipinski definition) is 1. The van der Waals surface area contributed by atoms with Crippen LogP contribution >= 0.6 is 11.6 Å². The lowest BCUT2D eigenvalue weighted by Gasteiger charge is -2.34. The van der Waals surface area contributed by atoms with E-state index >= 15 is 0 Å². The molecule has 1 fully saturated rings. The van der Waals surface area contributed by atoms with Crippen LogP contribution in [0.5, 0.6) is 0 Å². The number of hydrogen-bond acceptors (Lipinski definition) is 2. The maximum atomic E-state index is 6.23. The van der Waals surface area contributed by atoms with E-state index in [-0.39, 0.29) is 6.04 Å². The van der Waals surface area contributed by atoms with Gasteiger partial charge in [-0.05, 0) is 45.2 Å². The zero-order valence-electron chi connectivity index (χ0n) is 11.3. The Bertz CT molecular complexity index is 386. The van der Waals surface area contributed by atoms with Gasteiger partial charge in [-0.15, -0.1) is 0 Å². The van der Waals surface area contributed by atoms with E-state index in [1.807, 2.05) is 18.2 Å². The van der Waals surface area contributed by atoms with E-state index in [0.717, 1.165) is 17.9 Å². The molecule has 2 unspecified atom stereocenters. The second-order valence-corrected chi connectivity index (χ2v) is 5.74. The highest BCUT2D eigenvalue weighted by Crippen LogP contribution is 2.25. The van der Waals surface area contributed by atoms with Crippen molar-refractivity contribution < 1.29 is 4.74 Å². The van der Waals surface area contributed by atoms with Gasteiger partial charge in [0.15, 0.2) is 0 Å². The molecule has 0 radical (unpaired) electrons. The van der Waals surface area contributed by atoms with Gasteiger partial charge in [-0.25, -0.2) is 0 Å². The molecule has 0 aliphatic carbocycles. The van der Waals surface area contributed by atoms with Gasteiger partial charge in [0.05, 0.1) is 12.2 Å². The summed E-state index contributed by atoms with van der Waals surface area (Å²) in [4.78, 5) is 0. The summed E-state index contributed by atoms with van der Waals surface area (Å²) in [5.74, 6) is 0. The highest BCUT2D eigenvalue weighted by Gasteiger charge is 2.25. The molecule has 1 aliphatic rings. The lowest BCUT2D eigenvalue weighted by molar-refractivity contribution is -0.0433. The third-order valence-electron chi connectivity index (χ3n) is 3.55. The molecule has 0 bridgehead atoms. The fraction of sp³-hybridized carbons (Fsp3) is 0.600. The van der Waals surface area contributed by atoms with Crippen LogP contribution in [0.15, 0.2) is 24.3 Å². The molecule has 1 heterocycles. The van der Waals surface area contributed by atoms with Crippen LogP contribution in [-0.2, 0) is 4.74 Å². The largest absolute Gasteiger partial charge is 0.375 e. The van der Waals surface area contributed by atoms with Gasteiger partial charge in [0.1, 0.15) is 0 Å². The predicted molar refractivity (Wildman–Crippen MR) is 76.0 cm³/mol. The maximum Gasteiger partial charge on any atom is 0.0565 e. The molecule has 3 atom stereocenters. The Balaban J connectivity index is 1.99. The zero-order chi connectivity index (χ0) is 13.1. The molecule has 0 spiro atoms. The molecular weight excluding hydrogens is 246 g/mol. The maximum absolute atomic E-state index is 6.23. The average molecular weight is 268 g/mol. The molecule has 100 valence electrons. The molecule has 1 aliphatic heterocycles. The van der Waals surface area contributed by atoms with Crippen LogP contribution in [0.4, 0.5) is 0 Å². The number of benzene rings is 1. The van der Waals surface area contributed by atoms with E-state index in [4.69, 9.17) is 16.3 Å². The summed E-state index contributed by atoms with van der Waals surface area (Å²) in [5.41, 5.74) is 1.17. The summed E-state index contributed by atoms with van der Waals surface area (Å²) in [7, 11) is 0. The molecule has 0 amide bonds. The van der Waals surface area contributed by atoms with Gasteiger partial charge < -0.3 is 10.1 Å². The Labute approximate surface area is 115 Å². The first-order valence-corrected chi connectivity index (χ1v) is 7.10. The molecule has 2 rings (SSSR count). The second-order valence-electron chi connectivity index (χ2n) is 5.34. The van der Waals surface area contributed by atoms with Crippen LogP contribution in [0.3, 0.4) is 0 Å². The summed E-state index contributed by atoms with van der Waals surface area (Å²) in [6.45, 7) is 6.46. The minimum Gasteiger partial charge on any atom is -0.375 e. The van der Waals surface area contributed by atoms with Crippen LogP contribution in [0.1, 0.15) is 45.2 Å². The molecule has 0 aromatic heterocycles. The number of rotatable bonds is 3. The summed E-state index contributed by atoms with van der Waals surface area (Å²) in [5, 5.41) is 4.51. The fourth-order valence-electron chi connectivity index (χ4n) is 2.81. The lowest BCUT2D eigenvalue weighted by Crippen LogP contribution is -2.42. The van der Waals surface area contributed by atoms with Crippen molar-refractivity contribution in [3.05, 3.63) is 34.9 Å². The van der Waals surface area contributed by atoms with Gasteiger partial charge in [-0.3, -0.25) is 0 Å². The minimum absolute atomic E-state index is 0.279. The van der Waals surface area contributed by atoms with Crippen LogP contribution < -0.4 is 5.32 Å². The van der Waals surface area contributed by atoms with E-state index in [0.29, 0.717) is 18.2 Å². The van der Waals surface area contributed by atoms with Crippen molar-refractivity contribution in [3.63, 3.8) is 0 Å². The summed E-state index contributed by atoms with van der Waals surface area (Å²) in [6.07, 6.45) is 2.81. The lowest BCUT2D eigenvalue weighted by atomic mass is 9.98. The van der Waals surface area contributed by atoms with Gasteiger partial charge in [0.25, 0.3) is 0 Å². The third kappa shape index (κ3) is 3.47. The topological polar surface area (TPSA) is 21.3 Å². The standard InChI is InChI=1S/C15H22ClNO/c1-10-8-13(9-11(2)18-10)17-12(3)14-6-4-5-7-15(14)16/h4-7,10-13,17H,8-9H2,1-3H3/t10?,11?,12-,13?/m0/s1. The Morgan fingerprint density at radius 1 is 1.22 bits per heavy atom. The van der Waals surface area contributed by atoms with Crippen molar-refractivity contribution in [1.29, 1.82) is 0 Å². The minimum atomic E-state index is 0.279. The van der Waals surface area contributed by atoms with Crippen LogP contribution in [0.2, 0.25) is 5.02 Å². The molecule has 1 N–H and O–H groups in total. The monoisotopic (exact) mass is 267 g/mol. The Morgan fingerprint density at radius 2 is 1.83 bits per heavy atom. The first-order chi connectivity index (χ1) is 8.56. The SMILES string of the molecule is CC1CC(N[C@@H](C)c2ccccc2Cl)CC(C)O1. The third-order valence-corrected chi connectivity index (χ3v) is 3.90. The summed E-state index contributed by atoms with van der Waals surface area (Å²) < 4.78 is 5.76. The van der Waals surface area contributed by atoms with Crippen molar-refractivity contribution in [2.45, 2.75) is 57.9 Å². The smallest absolute Gasteiger partial charge is 0.0565 e. The molecular formula is C15H22ClNO. The van der Waals surface area contributed by atoms with E-state index in [2.05, 4.69) is 32.2 Å². The fourth-order valence-corrected chi connectivity index (χ4v) is 3.11. The number of ether oxygens (including phenoxy) is 1. The number of nitrogens with one attached hydrogen (secondary N) is 1. The van der Waals surface area contributed by atoms with Crippen molar-refractivity contribution in [2.75, 3.05) is 0 Å². The molecule has 1 saturated heterocycles. The Morgan fingerprint density at radius 3 is 2.44 bits per heavy atom. The predicted octanol–water partition coefficient (Wildman–Crippen LogP) is 3.95. The van der Waals surface area contributed by atoms with Gasteiger partial charge >= 0.3 is 0 Å². The first-order valence-electron chi connectivity index (χ1n) is 6.72. The summed E-state index contributed by atoms with van der Waals surface area (Å²) in [6, 6.07) is 8.83. The molecule has 0 saturated carbocycles. The van der Waals surface area contributed by atoms with Crippen LogP contribution in [0, 0.1) is 0 Å². The molecule has 3 heteroatoms. The average Bonchev–Trinajstić information content (AvgIpc) is 2.27. The molecule has 2 nitrogen and oxygen atoms in total. The first kappa shape index (κ1) is 13.9.